The van der Waals surface area contributed by atoms with E-state index in [1.807, 2.05) is 37.4 Å². The van der Waals surface area contributed by atoms with E-state index in [0.717, 1.165) is 36.3 Å². The van der Waals surface area contributed by atoms with Crippen molar-refractivity contribution in [3.63, 3.8) is 0 Å². The zero-order chi connectivity index (χ0) is 25.7. The zero-order valence-electron chi connectivity index (χ0n) is 21.9. The van der Waals surface area contributed by atoms with Crippen LogP contribution in [0.1, 0.15) is 44.4 Å². The minimum atomic E-state index is 0.322. The van der Waals surface area contributed by atoms with Crippen LogP contribution in [0.2, 0.25) is 0 Å². The fourth-order valence-electron chi connectivity index (χ4n) is 5.75. The van der Waals surface area contributed by atoms with E-state index in [1.165, 1.54) is 37.8 Å². The van der Waals surface area contributed by atoms with Gasteiger partial charge in [-0.15, -0.1) is 10.2 Å². The molecule has 1 saturated heterocycles. The Labute approximate surface area is 223 Å². The molecule has 2 aromatic heterocycles. The SMILES string of the molecule is Cc1nnc(-c2ccc(N3CCC[C@H](NC4CCCCC4Nc4nccc(-c5ccccc5)n4)C3)cc2)o1. The van der Waals surface area contributed by atoms with Gasteiger partial charge in [0.1, 0.15) is 0 Å². The summed E-state index contributed by atoms with van der Waals surface area (Å²) in [6.07, 6.45) is 9.01. The largest absolute Gasteiger partial charge is 0.421 e. The highest BCUT2D eigenvalue weighted by molar-refractivity contribution is 5.60. The lowest BCUT2D eigenvalue weighted by Crippen LogP contribution is -2.55. The summed E-state index contributed by atoms with van der Waals surface area (Å²) in [5, 5.41) is 15.8. The average molecular weight is 510 g/mol. The highest BCUT2D eigenvalue weighted by Crippen LogP contribution is 2.27. The Morgan fingerprint density at radius 1 is 0.842 bits per heavy atom. The van der Waals surface area contributed by atoms with Gasteiger partial charge < -0.3 is 20.0 Å². The number of hydrogen-bond donors (Lipinski definition) is 2. The van der Waals surface area contributed by atoms with Gasteiger partial charge in [-0.1, -0.05) is 43.2 Å². The van der Waals surface area contributed by atoms with Crippen LogP contribution >= 0.6 is 0 Å². The fourth-order valence-corrected chi connectivity index (χ4v) is 5.75. The van der Waals surface area contributed by atoms with Crippen LogP contribution in [-0.2, 0) is 0 Å². The Morgan fingerprint density at radius 3 is 2.45 bits per heavy atom. The third-order valence-corrected chi connectivity index (χ3v) is 7.68. The minimum absolute atomic E-state index is 0.322. The van der Waals surface area contributed by atoms with Crippen LogP contribution in [0.25, 0.3) is 22.7 Å². The van der Waals surface area contributed by atoms with Gasteiger partial charge in [0.25, 0.3) is 0 Å². The van der Waals surface area contributed by atoms with Crippen LogP contribution < -0.4 is 15.5 Å². The number of aromatic nitrogens is 4. The standard InChI is InChI=1S/C30H35N7O/c1-21-35-36-29(38-21)23-13-15-25(16-14-23)37-19-7-10-24(20-37)32-27-11-5-6-12-28(27)34-30-31-18-17-26(33-30)22-8-3-2-4-9-22/h2-4,8-9,13-18,24,27-28,32H,5-7,10-12,19-20H2,1H3,(H,31,33,34)/t24-,27?,28?/m0/s1. The number of hydrogen-bond acceptors (Lipinski definition) is 8. The van der Waals surface area contributed by atoms with Crippen molar-refractivity contribution in [2.45, 2.75) is 63.6 Å². The Balaban J connectivity index is 1.10. The molecule has 4 aromatic rings. The van der Waals surface area contributed by atoms with Crippen molar-refractivity contribution in [2.75, 3.05) is 23.3 Å². The molecule has 6 rings (SSSR count). The molecule has 2 fully saturated rings. The Bertz CT molecular complexity index is 1320. The van der Waals surface area contributed by atoms with Gasteiger partial charge in [0.05, 0.1) is 5.69 Å². The van der Waals surface area contributed by atoms with E-state index < -0.39 is 0 Å². The number of nitrogens with one attached hydrogen (secondary N) is 2. The normalized spacial score (nSPS) is 21.8. The monoisotopic (exact) mass is 509 g/mol. The van der Waals surface area contributed by atoms with Gasteiger partial charge in [0.15, 0.2) is 0 Å². The van der Waals surface area contributed by atoms with Crippen LogP contribution in [0.5, 0.6) is 0 Å². The molecule has 0 bridgehead atoms. The van der Waals surface area contributed by atoms with Crippen LogP contribution in [0.3, 0.4) is 0 Å². The lowest BCUT2D eigenvalue weighted by Gasteiger charge is -2.40. The Morgan fingerprint density at radius 2 is 1.66 bits per heavy atom. The van der Waals surface area contributed by atoms with Gasteiger partial charge >= 0.3 is 0 Å². The van der Waals surface area contributed by atoms with Crippen molar-refractivity contribution in [1.29, 1.82) is 0 Å². The first-order valence-corrected chi connectivity index (χ1v) is 13.8. The number of piperidine rings is 1. The summed E-state index contributed by atoms with van der Waals surface area (Å²) >= 11 is 0. The predicted octanol–water partition coefficient (Wildman–Crippen LogP) is 5.48. The van der Waals surface area contributed by atoms with E-state index in [1.54, 1.807) is 0 Å². The van der Waals surface area contributed by atoms with E-state index in [2.05, 4.69) is 67.1 Å². The van der Waals surface area contributed by atoms with Gasteiger partial charge in [-0.05, 0) is 56.0 Å². The molecule has 2 aliphatic rings. The third kappa shape index (κ3) is 5.70. The van der Waals surface area contributed by atoms with Crippen molar-refractivity contribution in [3.8, 4) is 22.7 Å². The quantitative estimate of drug-likeness (QED) is 0.338. The molecule has 1 saturated carbocycles. The second-order valence-electron chi connectivity index (χ2n) is 10.4. The maximum atomic E-state index is 5.58. The second-order valence-corrected chi connectivity index (χ2v) is 10.4. The molecule has 2 N–H and O–H groups in total. The molecule has 1 aliphatic carbocycles. The molecule has 0 spiro atoms. The second kappa shape index (κ2) is 11.3. The number of anilines is 2. The number of rotatable bonds is 7. The van der Waals surface area contributed by atoms with Crippen LogP contribution in [-0.4, -0.2) is 51.4 Å². The lowest BCUT2D eigenvalue weighted by molar-refractivity contribution is 0.293. The molecule has 196 valence electrons. The molecular weight excluding hydrogens is 474 g/mol. The molecule has 3 heterocycles. The smallest absolute Gasteiger partial charge is 0.247 e. The van der Waals surface area contributed by atoms with Gasteiger partial charge in [-0.3, -0.25) is 0 Å². The zero-order valence-corrected chi connectivity index (χ0v) is 21.9. The van der Waals surface area contributed by atoms with Crippen molar-refractivity contribution in [2.24, 2.45) is 0 Å². The van der Waals surface area contributed by atoms with E-state index in [4.69, 9.17) is 9.40 Å². The molecule has 2 unspecified atom stereocenters. The van der Waals surface area contributed by atoms with Crippen molar-refractivity contribution in [1.82, 2.24) is 25.5 Å². The number of nitrogens with zero attached hydrogens (tertiary/aromatic N) is 5. The van der Waals surface area contributed by atoms with Crippen molar-refractivity contribution < 1.29 is 4.42 Å². The summed E-state index contributed by atoms with van der Waals surface area (Å²) < 4.78 is 5.58. The van der Waals surface area contributed by atoms with Crippen molar-refractivity contribution in [3.05, 3.63) is 72.8 Å². The van der Waals surface area contributed by atoms with E-state index in [-0.39, 0.29) is 0 Å². The first kappa shape index (κ1) is 24.6. The Hall–Kier alpha value is -3.78. The average Bonchev–Trinajstić information content (AvgIpc) is 3.41. The maximum Gasteiger partial charge on any atom is 0.247 e. The third-order valence-electron chi connectivity index (χ3n) is 7.68. The predicted molar refractivity (Wildman–Crippen MR) is 150 cm³/mol. The maximum absolute atomic E-state index is 5.58. The van der Waals surface area contributed by atoms with Crippen LogP contribution in [0.15, 0.2) is 71.3 Å². The van der Waals surface area contributed by atoms with E-state index in [0.29, 0.717) is 35.9 Å². The van der Waals surface area contributed by atoms with Gasteiger partial charge in [0.2, 0.25) is 17.7 Å². The molecule has 0 radical (unpaired) electrons. The lowest BCUT2D eigenvalue weighted by atomic mass is 9.89. The summed E-state index contributed by atoms with van der Waals surface area (Å²) in [4.78, 5) is 11.9. The van der Waals surface area contributed by atoms with Gasteiger partial charge in [0, 0.05) is 61.1 Å². The number of benzene rings is 2. The summed E-state index contributed by atoms with van der Waals surface area (Å²) in [5.41, 5.74) is 4.25. The molecule has 1 aliphatic heterocycles. The first-order chi connectivity index (χ1) is 18.7. The van der Waals surface area contributed by atoms with E-state index >= 15 is 0 Å². The fraction of sp³-hybridized carbons (Fsp3) is 0.400. The molecule has 0 amide bonds. The molecule has 3 atom stereocenters. The topological polar surface area (TPSA) is 92.0 Å². The van der Waals surface area contributed by atoms with E-state index in [9.17, 15) is 0 Å². The summed E-state index contributed by atoms with van der Waals surface area (Å²) in [7, 11) is 0. The summed E-state index contributed by atoms with van der Waals surface area (Å²) in [6, 6.07) is 21.9. The van der Waals surface area contributed by atoms with Gasteiger partial charge in [-0.25, -0.2) is 9.97 Å². The highest BCUT2D eigenvalue weighted by atomic mass is 16.4. The molecular formula is C30H35N7O. The molecule has 8 heteroatoms. The summed E-state index contributed by atoms with van der Waals surface area (Å²) in [5.74, 6) is 1.87. The molecule has 2 aromatic carbocycles. The minimum Gasteiger partial charge on any atom is -0.421 e. The molecule has 38 heavy (non-hydrogen) atoms. The van der Waals surface area contributed by atoms with Gasteiger partial charge in [-0.2, -0.15) is 0 Å². The van der Waals surface area contributed by atoms with Crippen LogP contribution in [0.4, 0.5) is 11.6 Å². The highest BCUT2D eigenvalue weighted by Gasteiger charge is 2.30. The van der Waals surface area contributed by atoms with Crippen molar-refractivity contribution >= 4 is 11.6 Å². The summed E-state index contributed by atoms with van der Waals surface area (Å²) in [6.45, 7) is 3.89. The molecule has 8 nitrogen and oxygen atoms in total. The first-order valence-electron chi connectivity index (χ1n) is 13.8. The van der Waals surface area contributed by atoms with Crippen LogP contribution in [0, 0.1) is 6.92 Å². The number of aryl methyl sites for hydroxylation is 1. The Kier molecular flexibility index (Phi) is 7.31.